The topological polar surface area (TPSA) is 60.4 Å². The average molecular weight is 267 g/mol. The molecule has 0 saturated heterocycles. The van der Waals surface area contributed by atoms with Crippen LogP contribution in [-0.2, 0) is 10.3 Å². The van der Waals surface area contributed by atoms with Gasteiger partial charge in [-0.1, -0.05) is 38.5 Å². The molecule has 0 aromatic heterocycles. The molecule has 100 valence electrons. The molecule has 0 aromatic rings. The first-order chi connectivity index (χ1) is 8.09. The van der Waals surface area contributed by atoms with E-state index in [1.54, 1.807) is 0 Å². The smallest absolute Gasteiger partial charge is 0.735 e. The standard InChI is InChI=1S/C12H23NO3S.Li/c14-17(15,16)13(11-7-3-1-4-8-11)12-9-5-2-6-10-12;/h11-12H,1-10H2,(H,14,15,16);/q;+1/p-1. The fourth-order valence-corrected chi connectivity index (χ4v) is 4.49. The van der Waals surface area contributed by atoms with E-state index < -0.39 is 10.3 Å². The fraction of sp³-hybridized carbons (Fsp3) is 1.00. The molecule has 2 saturated carbocycles. The molecule has 0 radical (unpaired) electrons. The zero-order valence-corrected chi connectivity index (χ0v) is 12.1. The second-order valence-corrected chi connectivity index (χ2v) is 6.65. The van der Waals surface area contributed by atoms with Gasteiger partial charge in [0.2, 0.25) is 0 Å². The first kappa shape index (κ1) is 16.5. The molecular weight excluding hydrogens is 245 g/mol. The molecule has 6 heteroatoms. The molecule has 0 unspecified atom stereocenters. The molecule has 18 heavy (non-hydrogen) atoms. The van der Waals surface area contributed by atoms with Crippen LogP contribution in [0.15, 0.2) is 0 Å². The summed E-state index contributed by atoms with van der Waals surface area (Å²) >= 11 is 0. The maximum absolute atomic E-state index is 11.5. The second kappa shape index (κ2) is 7.30. The van der Waals surface area contributed by atoms with E-state index in [2.05, 4.69) is 0 Å². The van der Waals surface area contributed by atoms with Crippen LogP contribution in [0.2, 0.25) is 0 Å². The third kappa shape index (κ3) is 4.24. The van der Waals surface area contributed by atoms with Gasteiger partial charge in [-0.2, -0.15) is 0 Å². The molecule has 4 nitrogen and oxygen atoms in total. The molecule has 0 spiro atoms. The van der Waals surface area contributed by atoms with Gasteiger partial charge in [-0.3, -0.25) is 0 Å². The van der Waals surface area contributed by atoms with Crippen molar-refractivity contribution in [2.75, 3.05) is 0 Å². The first-order valence-corrected chi connectivity index (χ1v) is 8.20. The van der Waals surface area contributed by atoms with Crippen LogP contribution in [0, 0.1) is 0 Å². The molecule has 0 N–H and O–H groups in total. The summed E-state index contributed by atoms with van der Waals surface area (Å²) in [5.74, 6) is 0. The van der Waals surface area contributed by atoms with Crippen LogP contribution in [0.25, 0.3) is 0 Å². The Morgan fingerprint density at radius 1 is 0.778 bits per heavy atom. The molecule has 2 fully saturated rings. The molecule has 2 aliphatic carbocycles. The second-order valence-electron chi connectivity index (χ2n) is 5.37. The Balaban J connectivity index is 0.00000162. The van der Waals surface area contributed by atoms with Crippen molar-refractivity contribution in [2.45, 2.75) is 76.3 Å². The third-order valence-electron chi connectivity index (χ3n) is 4.13. The Bertz CT molecular complexity index is 317. The van der Waals surface area contributed by atoms with Crippen LogP contribution in [0.3, 0.4) is 0 Å². The quantitative estimate of drug-likeness (QED) is 0.507. The van der Waals surface area contributed by atoms with E-state index in [-0.39, 0.29) is 30.9 Å². The summed E-state index contributed by atoms with van der Waals surface area (Å²) in [4.78, 5) is 0. The zero-order valence-electron chi connectivity index (χ0n) is 11.3. The van der Waals surface area contributed by atoms with Crippen molar-refractivity contribution in [3.05, 3.63) is 0 Å². The molecule has 0 bridgehead atoms. The Morgan fingerprint density at radius 3 is 1.39 bits per heavy atom. The largest absolute Gasteiger partial charge is 1.00 e. The molecule has 0 heterocycles. The Hall–Kier alpha value is 0.467. The summed E-state index contributed by atoms with van der Waals surface area (Å²) in [6.07, 6.45) is 10.1. The summed E-state index contributed by atoms with van der Waals surface area (Å²) in [6, 6.07) is -0.0382. The van der Waals surface area contributed by atoms with Gasteiger partial charge in [0, 0.05) is 12.1 Å². The molecular formula is C12H22LiNO3S. The van der Waals surface area contributed by atoms with Gasteiger partial charge in [-0.05, 0) is 25.7 Å². The van der Waals surface area contributed by atoms with Gasteiger partial charge in [0.05, 0.1) is 0 Å². The minimum Gasteiger partial charge on any atom is -0.735 e. The van der Waals surface area contributed by atoms with Gasteiger partial charge >= 0.3 is 18.9 Å². The summed E-state index contributed by atoms with van der Waals surface area (Å²) in [5.41, 5.74) is 0. The summed E-state index contributed by atoms with van der Waals surface area (Å²) in [7, 11) is -4.28. The summed E-state index contributed by atoms with van der Waals surface area (Å²) < 4.78 is 35.8. The summed E-state index contributed by atoms with van der Waals surface area (Å²) in [5, 5.41) is 0. The average Bonchev–Trinajstić information content (AvgIpc) is 2.30. The Kier molecular flexibility index (Phi) is 6.70. The van der Waals surface area contributed by atoms with Crippen LogP contribution >= 0.6 is 0 Å². The van der Waals surface area contributed by atoms with Crippen molar-refractivity contribution in [2.24, 2.45) is 0 Å². The van der Waals surface area contributed by atoms with Gasteiger partial charge in [-0.25, -0.2) is 12.7 Å². The van der Waals surface area contributed by atoms with Gasteiger partial charge in [0.15, 0.2) is 10.3 Å². The van der Waals surface area contributed by atoms with Crippen molar-refractivity contribution in [3.8, 4) is 0 Å². The predicted octanol–water partition coefficient (Wildman–Crippen LogP) is -0.582. The number of hydrogen-bond acceptors (Lipinski definition) is 3. The van der Waals surface area contributed by atoms with E-state index in [9.17, 15) is 13.0 Å². The van der Waals surface area contributed by atoms with Crippen molar-refractivity contribution in [1.29, 1.82) is 0 Å². The van der Waals surface area contributed by atoms with Crippen molar-refractivity contribution < 1.29 is 31.8 Å². The van der Waals surface area contributed by atoms with Crippen molar-refractivity contribution >= 4 is 10.3 Å². The molecule has 2 aliphatic rings. The van der Waals surface area contributed by atoms with Crippen molar-refractivity contribution in [3.63, 3.8) is 0 Å². The van der Waals surface area contributed by atoms with Crippen LogP contribution < -0.4 is 18.9 Å². The van der Waals surface area contributed by atoms with E-state index in [1.165, 1.54) is 17.1 Å². The van der Waals surface area contributed by atoms with E-state index in [1.807, 2.05) is 0 Å². The molecule has 2 rings (SSSR count). The van der Waals surface area contributed by atoms with Gasteiger partial charge in [0.1, 0.15) is 0 Å². The van der Waals surface area contributed by atoms with Crippen LogP contribution in [0.1, 0.15) is 64.2 Å². The maximum Gasteiger partial charge on any atom is 1.00 e. The minimum absolute atomic E-state index is 0. The molecule has 0 aliphatic heterocycles. The van der Waals surface area contributed by atoms with Gasteiger partial charge < -0.3 is 4.55 Å². The monoisotopic (exact) mass is 267 g/mol. The van der Waals surface area contributed by atoms with E-state index in [0.717, 1.165) is 51.4 Å². The van der Waals surface area contributed by atoms with E-state index >= 15 is 0 Å². The van der Waals surface area contributed by atoms with E-state index in [0.29, 0.717) is 0 Å². The molecule has 0 atom stereocenters. The number of nitrogens with zero attached hydrogens (tertiary/aromatic N) is 1. The third-order valence-corrected chi connectivity index (χ3v) is 5.24. The minimum atomic E-state index is -4.28. The number of hydrogen-bond donors (Lipinski definition) is 0. The molecule has 0 amide bonds. The van der Waals surface area contributed by atoms with Gasteiger partial charge in [-0.15, -0.1) is 0 Å². The van der Waals surface area contributed by atoms with Crippen LogP contribution in [0.4, 0.5) is 0 Å². The number of rotatable bonds is 3. The van der Waals surface area contributed by atoms with Crippen LogP contribution in [-0.4, -0.2) is 29.4 Å². The fourth-order valence-electron chi connectivity index (χ4n) is 3.33. The Morgan fingerprint density at radius 2 is 1.11 bits per heavy atom. The van der Waals surface area contributed by atoms with Gasteiger partial charge in [0.25, 0.3) is 0 Å². The van der Waals surface area contributed by atoms with Crippen LogP contribution in [0.5, 0.6) is 0 Å². The zero-order chi connectivity index (χ0) is 12.3. The van der Waals surface area contributed by atoms with Crippen molar-refractivity contribution in [1.82, 2.24) is 4.31 Å². The normalized spacial score (nSPS) is 23.9. The predicted molar refractivity (Wildman–Crippen MR) is 65.3 cm³/mol. The summed E-state index contributed by atoms with van der Waals surface area (Å²) in [6.45, 7) is 0. The SMILES string of the molecule is O=S(=O)([O-])N(C1CCCCC1)C1CCCCC1.[Li+]. The van der Waals surface area contributed by atoms with E-state index in [4.69, 9.17) is 0 Å². The first-order valence-electron chi connectivity index (χ1n) is 6.83. The Labute approximate surface area is 123 Å². The maximum atomic E-state index is 11.5. The molecule has 0 aromatic carbocycles.